The Bertz CT molecular complexity index is 1320. The summed E-state index contributed by atoms with van der Waals surface area (Å²) in [4.78, 5) is 26.3. The van der Waals surface area contributed by atoms with Crippen molar-refractivity contribution in [3.8, 4) is 11.6 Å². The zero-order chi connectivity index (χ0) is 22.4. The third kappa shape index (κ3) is 3.51. The molecule has 2 bridgehead atoms. The van der Waals surface area contributed by atoms with E-state index in [0.29, 0.717) is 23.7 Å². The number of benzene rings is 2. The second kappa shape index (κ2) is 7.95. The Morgan fingerprint density at radius 1 is 1.09 bits per heavy atom. The summed E-state index contributed by atoms with van der Waals surface area (Å²) in [6.45, 7) is 2.52. The van der Waals surface area contributed by atoms with Crippen molar-refractivity contribution in [3.63, 3.8) is 0 Å². The maximum absolute atomic E-state index is 13.7. The standard InChI is InChI=1S/C25H24N6O2/c1-16-6-8-23(31-27-10-11-28-31)19(12-16)25(32)30-18-7-9-22(30)17(13-18)15-33-24-14-26-20-4-2-3-5-21(20)29-24/h2-6,8,10-12,14,17-18,22H,7,9,13,15H2,1H3. The fraction of sp³-hybridized carbons (Fsp3) is 0.320. The number of nitrogens with zero attached hydrogens (tertiary/aromatic N) is 6. The number of fused-ring (bicyclic) bond motifs is 3. The van der Waals surface area contributed by atoms with Gasteiger partial charge in [-0.05, 0) is 50.5 Å². The van der Waals surface area contributed by atoms with Crippen LogP contribution in [0.25, 0.3) is 16.7 Å². The molecule has 2 saturated heterocycles. The Morgan fingerprint density at radius 3 is 2.76 bits per heavy atom. The fourth-order valence-corrected chi connectivity index (χ4v) is 5.29. The number of para-hydroxylation sites is 2. The van der Waals surface area contributed by atoms with Crippen molar-refractivity contribution >= 4 is 16.9 Å². The van der Waals surface area contributed by atoms with E-state index in [4.69, 9.17) is 4.74 Å². The maximum atomic E-state index is 13.7. The summed E-state index contributed by atoms with van der Waals surface area (Å²) in [5.74, 6) is 0.851. The highest BCUT2D eigenvalue weighted by Crippen LogP contribution is 2.43. The molecule has 33 heavy (non-hydrogen) atoms. The van der Waals surface area contributed by atoms with Gasteiger partial charge in [0.2, 0.25) is 5.88 Å². The topological polar surface area (TPSA) is 86.0 Å². The van der Waals surface area contributed by atoms with E-state index < -0.39 is 0 Å². The molecule has 2 aromatic carbocycles. The summed E-state index contributed by atoms with van der Waals surface area (Å²) in [7, 11) is 0. The zero-order valence-corrected chi connectivity index (χ0v) is 18.3. The van der Waals surface area contributed by atoms with Gasteiger partial charge in [0.05, 0.1) is 47.5 Å². The number of carbonyl (C=O) groups excluding carboxylic acids is 1. The van der Waals surface area contributed by atoms with E-state index in [1.54, 1.807) is 18.6 Å². The first-order chi connectivity index (χ1) is 16.2. The molecule has 3 atom stereocenters. The third-order valence-corrected chi connectivity index (χ3v) is 6.79. The molecule has 0 spiro atoms. The van der Waals surface area contributed by atoms with Crippen LogP contribution in [-0.4, -0.2) is 54.5 Å². The van der Waals surface area contributed by atoms with Crippen LogP contribution in [-0.2, 0) is 0 Å². The molecule has 4 aromatic rings. The molecule has 0 saturated carbocycles. The number of hydrogen-bond acceptors (Lipinski definition) is 6. The third-order valence-electron chi connectivity index (χ3n) is 6.79. The Balaban J connectivity index is 1.21. The summed E-state index contributed by atoms with van der Waals surface area (Å²) in [5.41, 5.74) is 4.06. The molecule has 2 aromatic heterocycles. The van der Waals surface area contributed by atoms with Gasteiger partial charge in [0.1, 0.15) is 0 Å². The Morgan fingerprint density at radius 2 is 1.91 bits per heavy atom. The summed E-state index contributed by atoms with van der Waals surface area (Å²) >= 11 is 0. The van der Waals surface area contributed by atoms with E-state index in [2.05, 4.69) is 25.1 Å². The largest absolute Gasteiger partial charge is 0.476 e. The number of aromatic nitrogens is 5. The minimum atomic E-state index is 0.0477. The van der Waals surface area contributed by atoms with E-state index in [9.17, 15) is 4.79 Å². The molecule has 0 N–H and O–H groups in total. The van der Waals surface area contributed by atoms with Crippen LogP contribution in [0.3, 0.4) is 0 Å². The van der Waals surface area contributed by atoms with E-state index in [-0.39, 0.29) is 23.9 Å². The number of amides is 1. The quantitative estimate of drug-likeness (QED) is 0.471. The first kappa shape index (κ1) is 19.8. The molecule has 6 rings (SSSR count). The number of rotatable bonds is 5. The highest BCUT2D eigenvalue weighted by molar-refractivity contribution is 5.98. The number of hydrogen-bond donors (Lipinski definition) is 0. The average molecular weight is 441 g/mol. The Kier molecular flexibility index (Phi) is 4.78. The van der Waals surface area contributed by atoms with Crippen LogP contribution >= 0.6 is 0 Å². The summed E-state index contributed by atoms with van der Waals surface area (Å²) < 4.78 is 6.05. The van der Waals surface area contributed by atoms with Crippen molar-refractivity contribution in [1.82, 2.24) is 29.9 Å². The van der Waals surface area contributed by atoms with Gasteiger partial charge in [-0.3, -0.25) is 4.79 Å². The van der Waals surface area contributed by atoms with Crippen LogP contribution in [0.5, 0.6) is 5.88 Å². The molecule has 1 amide bonds. The highest BCUT2D eigenvalue weighted by atomic mass is 16.5. The van der Waals surface area contributed by atoms with Gasteiger partial charge in [-0.2, -0.15) is 15.0 Å². The molecule has 0 aliphatic carbocycles. The van der Waals surface area contributed by atoms with Crippen LogP contribution in [0.4, 0.5) is 0 Å². The number of carbonyl (C=O) groups is 1. The van der Waals surface area contributed by atoms with Crippen molar-refractivity contribution in [1.29, 1.82) is 0 Å². The van der Waals surface area contributed by atoms with Gasteiger partial charge in [-0.25, -0.2) is 9.97 Å². The predicted molar refractivity (Wildman–Crippen MR) is 122 cm³/mol. The van der Waals surface area contributed by atoms with Crippen LogP contribution in [0.15, 0.2) is 61.1 Å². The van der Waals surface area contributed by atoms with Crippen molar-refractivity contribution in [2.75, 3.05) is 6.61 Å². The molecule has 8 nitrogen and oxygen atoms in total. The minimum absolute atomic E-state index is 0.0477. The lowest BCUT2D eigenvalue weighted by Gasteiger charge is -2.25. The van der Waals surface area contributed by atoms with Crippen LogP contribution < -0.4 is 4.74 Å². The Labute approximate surface area is 191 Å². The molecular formula is C25H24N6O2. The summed E-state index contributed by atoms with van der Waals surface area (Å²) in [5, 5.41) is 8.48. The fourth-order valence-electron chi connectivity index (χ4n) is 5.29. The van der Waals surface area contributed by atoms with Gasteiger partial charge in [0.15, 0.2) is 0 Å². The summed E-state index contributed by atoms with van der Waals surface area (Å²) in [6.07, 6.45) is 7.89. The van der Waals surface area contributed by atoms with Crippen molar-refractivity contribution < 1.29 is 9.53 Å². The van der Waals surface area contributed by atoms with Crippen LogP contribution in [0, 0.1) is 12.8 Å². The lowest BCUT2D eigenvalue weighted by atomic mass is 9.90. The van der Waals surface area contributed by atoms with Gasteiger partial charge >= 0.3 is 0 Å². The second-order valence-electron chi connectivity index (χ2n) is 8.85. The van der Waals surface area contributed by atoms with Gasteiger partial charge in [-0.15, -0.1) is 0 Å². The van der Waals surface area contributed by atoms with Gasteiger partial charge < -0.3 is 9.64 Å². The average Bonchev–Trinajstić information content (AvgIpc) is 3.59. The first-order valence-corrected chi connectivity index (χ1v) is 11.3. The van der Waals surface area contributed by atoms with E-state index >= 15 is 0 Å². The normalized spacial score (nSPS) is 21.6. The Hall–Kier alpha value is -3.81. The van der Waals surface area contributed by atoms with Crippen LogP contribution in [0.1, 0.15) is 35.2 Å². The molecule has 166 valence electrons. The van der Waals surface area contributed by atoms with Crippen LogP contribution in [0.2, 0.25) is 0 Å². The number of ether oxygens (including phenoxy) is 1. The molecule has 2 aliphatic heterocycles. The maximum Gasteiger partial charge on any atom is 0.256 e. The molecule has 0 radical (unpaired) electrons. The first-order valence-electron chi connectivity index (χ1n) is 11.3. The molecule has 8 heteroatoms. The molecular weight excluding hydrogens is 416 g/mol. The van der Waals surface area contributed by atoms with Gasteiger partial charge in [-0.1, -0.05) is 23.8 Å². The molecule has 2 aliphatic rings. The van der Waals surface area contributed by atoms with E-state index in [1.165, 1.54) is 4.80 Å². The smallest absolute Gasteiger partial charge is 0.256 e. The van der Waals surface area contributed by atoms with E-state index in [1.807, 2.05) is 49.4 Å². The lowest BCUT2D eigenvalue weighted by Crippen LogP contribution is -2.38. The van der Waals surface area contributed by atoms with E-state index in [0.717, 1.165) is 35.9 Å². The van der Waals surface area contributed by atoms with Crippen molar-refractivity contribution in [2.45, 2.75) is 38.3 Å². The summed E-state index contributed by atoms with van der Waals surface area (Å²) in [6, 6.07) is 14.0. The minimum Gasteiger partial charge on any atom is -0.476 e. The van der Waals surface area contributed by atoms with Gasteiger partial charge in [0.25, 0.3) is 5.91 Å². The highest BCUT2D eigenvalue weighted by Gasteiger charge is 2.49. The second-order valence-corrected chi connectivity index (χ2v) is 8.85. The molecule has 2 fully saturated rings. The SMILES string of the molecule is Cc1ccc(-n2nccn2)c(C(=O)N2C3CCC2C(COc2cnc4ccccc4n2)C3)c1. The van der Waals surface area contributed by atoms with Crippen molar-refractivity contribution in [2.24, 2.45) is 5.92 Å². The lowest BCUT2D eigenvalue weighted by molar-refractivity contribution is 0.0709. The predicted octanol–water partition coefficient (Wildman–Crippen LogP) is 3.59. The molecule has 3 unspecified atom stereocenters. The number of aryl methyl sites for hydroxylation is 1. The molecule has 4 heterocycles. The van der Waals surface area contributed by atoms with Crippen molar-refractivity contribution in [3.05, 3.63) is 72.2 Å². The van der Waals surface area contributed by atoms with Gasteiger partial charge in [0, 0.05) is 18.0 Å². The monoisotopic (exact) mass is 440 g/mol. The zero-order valence-electron chi connectivity index (χ0n) is 18.3.